The molecule has 2 heterocycles. The summed E-state index contributed by atoms with van der Waals surface area (Å²) in [6.45, 7) is 3.03. The van der Waals surface area contributed by atoms with Crippen LogP contribution in [0.15, 0.2) is 48.8 Å². The van der Waals surface area contributed by atoms with Crippen LogP contribution in [0.3, 0.4) is 0 Å². The van der Waals surface area contributed by atoms with Gasteiger partial charge in [0.15, 0.2) is 0 Å². The van der Waals surface area contributed by atoms with Gasteiger partial charge in [0.2, 0.25) is 0 Å². The van der Waals surface area contributed by atoms with Crippen LogP contribution in [0.2, 0.25) is 0 Å². The van der Waals surface area contributed by atoms with Gasteiger partial charge in [-0.3, -0.25) is 14.9 Å². The zero-order chi connectivity index (χ0) is 15.1. The second-order valence-electron chi connectivity index (χ2n) is 5.32. The molecule has 0 aliphatic rings. The van der Waals surface area contributed by atoms with Crippen LogP contribution in [0, 0.1) is 0 Å². The van der Waals surface area contributed by atoms with E-state index in [1.54, 1.807) is 0 Å². The molecule has 0 radical (unpaired) electrons. The summed E-state index contributed by atoms with van der Waals surface area (Å²) in [6.07, 6.45) is 5.51. The van der Waals surface area contributed by atoms with E-state index in [-0.39, 0.29) is 12.1 Å². The molecule has 2 N–H and O–H groups in total. The van der Waals surface area contributed by atoms with Crippen LogP contribution in [-0.4, -0.2) is 34.5 Å². The molecule has 0 saturated carbocycles. The fraction of sp³-hybridized carbons (Fsp3) is 0.412. The van der Waals surface area contributed by atoms with Gasteiger partial charge in [0.05, 0.1) is 11.7 Å². The van der Waals surface area contributed by atoms with Gasteiger partial charge in [0.25, 0.3) is 0 Å². The van der Waals surface area contributed by atoms with Gasteiger partial charge >= 0.3 is 0 Å². The molecular weight excluding hydrogens is 260 g/mol. The lowest BCUT2D eigenvalue weighted by atomic mass is 10.0. The fourth-order valence-electron chi connectivity index (χ4n) is 2.52. The minimum Gasteiger partial charge on any atom is -0.326 e. The second kappa shape index (κ2) is 7.86. The van der Waals surface area contributed by atoms with Crippen molar-refractivity contribution in [3.8, 4) is 0 Å². The molecule has 2 aromatic rings. The highest BCUT2D eigenvalue weighted by Gasteiger charge is 2.23. The zero-order valence-electron chi connectivity index (χ0n) is 12.8. The molecule has 0 fully saturated rings. The normalized spacial score (nSPS) is 14.1. The van der Waals surface area contributed by atoms with Crippen LogP contribution in [0.25, 0.3) is 0 Å². The van der Waals surface area contributed by atoms with Gasteiger partial charge in [0, 0.05) is 37.1 Å². The van der Waals surface area contributed by atoms with Gasteiger partial charge in [-0.25, -0.2) is 0 Å². The molecule has 2 atom stereocenters. The lowest BCUT2D eigenvalue weighted by Crippen LogP contribution is -2.40. The van der Waals surface area contributed by atoms with Gasteiger partial charge in [0.1, 0.15) is 0 Å². The second-order valence-corrected chi connectivity index (χ2v) is 5.32. The van der Waals surface area contributed by atoms with Crippen molar-refractivity contribution in [3.63, 3.8) is 0 Å². The Morgan fingerprint density at radius 3 is 2.38 bits per heavy atom. The molecule has 0 aliphatic carbocycles. The topological polar surface area (TPSA) is 55.0 Å². The number of aromatic nitrogens is 2. The lowest BCUT2D eigenvalue weighted by molar-refractivity contribution is 0.207. The maximum atomic E-state index is 6.32. The first-order valence-electron chi connectivity index (χ1n) is 7.49. The number of pyridine rings is 2. The number of hydrogen-bond acceptors (Lipinski definition) is 4. The molecule has 0 spiro atoms. The van der Waals surface area contributed by atoms with Gasteiger partial charge in [-0.1, -0.05) is 19.1 Å². The Balaban J connectivity index is 2.06. The molecule has 2 unspecified atom stereocenters. The molecule has 0 aliphatic heterocycles. The van der Waals surface area contributed by atoms with E-state index in [9.17, 15) is 0 Å². The van der Waals surface area contributed by atoms with Crippen molar-refractivity contribution in [1.82, 2.24) is 14.9 Å². The quantitative estimate of drug-likeness (QED) is 0.848. The predicted octanol–water partition coefficient (Wildman–Crippen LogP) is 2.43. The van der Waals surface area contributed by atoms with E-state index in [2.05, 4.69) is 41.0 Å². The predicted molar refractivity (Wildman–Crippen MR) is 85.8 cm³/mol. The Labute approximate surface area is 127 Å². The Kier molecular flexibility index (Phi) is 5.84. The molecule has 0 saturated heterocycles. The van der Waals surface area contributed by atoms with Crippen LogP contribution < -0.4 is 5.73 Å². The highest BCUT2D eigenvalue weighted by molar-refractivity contribution is 5.12. The monoisotopic (exact) mass is 284 g/mol. The summed E-state index contributed by atoms with van der Waals surface area (Å²) in [4.78, 5) is 11.1. The number of nitrogens with two attached hydrogens (primary N) is 1. The third-order valence-corrected chi connectivity index (χ3v) is 3.79. The average Bonchev–Trinajstić information content (AvgIpc) is 2.55. The SMILES string of the molecule is CCC(N)C(c1ccccn1)N(C)CCc1ccccn1. The van der Waals surface area contributed by atoms with Crippen molar-refractivity contribution in [2.24, 2.45) is 5.73 Å². The van der Waals surface area contributed by atoms with E-state index in [0.29, 0.717) is 0 Å². The van der Waals surface area contributed by atoms with E-state index in [1.165, 1.54) is 0 Å². The van der Waals surface area contributed by atoms with Crippen molar-refractivity contribution in [2.75, 3.05) is 13.6 Å². The van der Waals surface area contributed by atoms with Gasteiger partial charge in [-0.15, -0.1) is 0 Å². The Morgan fingerprint density at radius 2 is 1.81 bits per heavy atom. The third kappa shape index (κ3) is 4.34. The number of nitrogens with zero attached hydrogens (tertiary/aromatic N) is 3. The minimum absolute atomic E-state index is 0.0774. The van der Waals surface area contributed by atoms with Crippen LogP contribution in [0.4, 0.5) is 0 Å². The molecule has 2 rings (SSSR count). The van der Waals surface area contributed by atoms with Crippen molar-refractivity contribution >= 4 is 0 Å². The van der Waals surface area contributed by atoms with E-state index in [0.717, 1.165) is 30.8 Å². The molecule has 0 bridgehead atoms. The standard InChI is InChI=1S/C17H24N4/c1-3-15(18)17(16-9-5-7-12-20-16)21(2)13-10-14-8-4-6-11-19-14/h4-9,11-12,15,17H,3,10,13,18H2,1-2H3. The number of hydrogen-bond donors (Lipinski definition) is 1. The number of rotatable bonds is 7. The maximum Gasteiger partial charge on any atom is 0.0671 e. The van der Waals surface area contributed by atoms with E-state index in [1.807, 2.05) is 36.7 Å². The molecule has 0 aromatic carbocycles. The van der Waals surface area contributed by atoms with Crippen LogP contribution in [0.1, 0.15) is 30.8 Å². The number of likely N-dealkylation sites (N-methyl/N-ethyl adjacent to an activating group) is 1. The summed E-state index contributed by atoms with van der Waals surface area (Å²) in [7, 11) is 2.11. The Hall–Kier alpha value is -1.78. The molecule has 21 heavy (non-hydrogen) atoms. The highest BCUT2D eigenvalue weighted by Crippen LogP contribution is 2.22. The Morgan fingerprint density at radius 1 is 1.10 bits per heavy atom. The molecule has 0 amide bonds. The molecule has 4 heteroatoms. The largest absolute Gasteiger partial charge is 0.326 e. The zero-order valence-corrected chi connectivity index (χ0v) is 12.8. The van der Waals surface area contributed by atoms with Crippen LogP contribution >= 0.6 is 0 Å². The average molecular weight is 284 g/mol. The summed E-state index contributed by atoms with van der Waals surface area (Å²) in [5.74, 6) is 0. The van der Waals surface area contributed by atoms with E-state index in [4.69, 9.17) is 5.73 Å². The third-order valence-electron chi connectivity index (χ3n) is 3.79. The summed E-state index contributed by atoms with van der Waals surface area (Å²) >= 11 is 0. The summed E-state index contributed by atoms with van der Waals surface area (Å²) in [5, 5.41) is 0. The van der Waals surface area contributed by atoms with Crippen molar-refractivity contribution < 1.29 is 0 Å². The molecular formula is C17H24N4. The fourth-order valence-corrected chi connectivity index (χ4v) is 2.52. The van der Waals surface area contributed by atoms with Crippen LogP contribution in [-0.2, 0) is 6.42 Å². The summed E-state index contributed by atoms with van der Waals surface area (Å²) in [6, 6.07) is 12.2. The first-order valence-corrected chi connectivity index (χ1v) is 7.49. The highest BCUT2D eigenvalue weighted by atomic mass is 15.2. The maximum absolute atomic E-state index is 6.32. The summed E-state index contributed by atoms with van der Waals surface area (Å²) < 4.78 is 0. The van der Waals surface area contributed by atoms with Crippen LogP contribution in [0.5, 0.6) is 0 Å². The molecule has 112 valence electrons. The smallest absolute Gasteiger partial charge is 0.0671 e. The van der Waals surface area contributed by atoms with E-state index >= 15 is 0 Å². The minimum atomic E-state index is 0.0774. The van der Waals surface area contributed by atoms with E-state index < -0.39 is 0 Å². The molecule has 4 nitrogen and oxygen atoms in total. The van der Waals surface area contributed by atoms with Gasteiger partial charge < -0.3 is 5.73 Å². The Bertz CT molecular complexity index is 515. The van der Waals surface area contributed by atoms with Gasteiger partial charge in [-0.05, 0) is 37.7 Å². The van der Waals surface area contributed by atoms with Gasteiger partial charge in [-0.2, -0.15) is 0 Å². The van der Waals surface area contributed by atoms with Crippen molar-refractivity contribution in [1.29, 1.82) is 0 Å². The first-order chi connectivity index (χ1) is 10.2. The van der Waals surface area contributed by atoms with Crippen molar-refractivity contribution in [2.45, 2.75) is 31.8 Å². The lowest BCUT2D eigenvalue weighted by Gasteiger charge is -2.31. The summed E-state index contributed by atoms with van der Waals surface area (Å²) in [5.41, 5.74) is 8.46. The first kappa shape index (κ1) is 15.6. The molecule has 2 aromatic heterocycles. The van der Waals surface area contributed by atoms with Crippen molar-refractivity contribution in [3.05, 3.63) is 60.2 Å².